The molecule has 9 nitrogen and oxygen atoms in total. The number of esters is 1. The monoisotopic (exact) mass is 539 g/mol. The van der Waals surface area contributed by atoms with Crippen molar-refractivity contribution < 1.29 is 28.7 Å². The summed E-state index contributed by atoms with van der Waals surface area (Å²) in [5, 5.41) is 5.63. The minimum atomic E-state index is -0.766. The summed E-state index contributed by atoms with van der Waals surface area (Å²) in [6.07, 6.45) is 0. The number of imide groups is 1. The maximum Gasteiger partial charge on any atom is 0.337 e. The number of methoxy groups -OCH3 is 2. The van der Waals surface area contributed by atoms with E-state index in [1.54, 1.807) is 36.4 Å². The largest absolute Gasteiger partial charge is 0.495 e. The highest BCUT2D eigenvalue weighted by atomic mass is 35.5. The van der Waals surface area contributed by atoms with E-state index in [0.717, 1.165) is 4.90 Å². The first-order valence-electron chi connectivity index (χ1n) is 10.7. The summed E-state index contributed by atoms with van der Waals surface area (Å²) in [4.78, 5) is 51.5. The van der Waals surface area contributed by atoms with Crippen LogP contribution in [0.5, 0.6) is 5.75 Å². The first-order valence-corrected chi connectivity index (χ1v) is 11.5. The number of halogens is 2. The Balaban J connectivity index is 1.55. The summed E-state index contributed by atoms with van der Waals surface area (Å²) in [6.45, 7) is 0. The number of nitrogens with zero attached hydrogens (tertiary/aromatic N) is 1. The van der Waals surface area contributed by atoms with Gasteiger partial charge in [-0.2, -0.15) is 0 Å². The minimum absolute atomic E-state index is 0.149. The zero-order valence-corrected chi connectivity index (χ0v) is 21.0. The van der Waals surface area contributed by atoms with Crippen LogP contribution in [0.15, 0.2) is 77.5 Å². The molecule has 0 radical (unpaired) electrons. The Morgan fingerprint density at radius 1 is 0.865 bits per heavy atom. The van der Waals surface area contributed by atoms with Gasteiger partial charge < -0.3 is 20.1 Å². The molecule has 1 aliphatic heterocycles. The quantitative estimate of drug-likeness (QED) is 0.326. The van der Waals surface area contributed by atoms with Crippen LogP contribution >= 0.6 is 23.2 Å². The lowest BCUT2D eigenvalue weighted by atomic mass is 10.1. The van der Waals surface area contributed by atoms with E-state index in [2.05, 4.69) is 10.6 Å². The first-order chi connectivity index (χ1) is 17.7. The average Bonchev–Trinajstić information content (AvgIpc) is 3.11. The van der Waals surface area contributed by atoms with Crippen molar-refractivity contribution in [2.45, 2.75) is 0 Å². The van der Waals surface area contributed by atoms with Crippen LogP contribution in [0.1, 0.15) is 20.7 Å². The van der Waals surface area contributed by atoms with E-state index < -0.39 is 23.7 Å². The van der Waals surface area contributed by atoms with Crippen molar-refractivity contribution in [2.75, 3.05) is 29.8 Å². The van der Waals surface area contributed by atoms with Crippen molar-refractivity contribution in [3.8, 4) is 5.75 Å². The molecule has 188 valence electrons. The Hall–Kier alpha value is -4.34. The molecule has 37 heavy (non-hydrogen) atoms. The molecule has 1 aliphatic rings. The van der Waals surface area contributed by atoms with E-state index in [1.807, 2.05) is 0 Å². The van der Waals surface area contributed by atoms with Gasteiger partial charge in [-0.05, 0) is 54.6 Å². The molecule has 0 atom stereocenters. The lowest BCUT2D eigenvalue weighted by molar-refractivity contribution is -0.120. The van der Waals surface area contributed by atoms with Crippen molar-refractivity contribution in [3.05, 3.63) is 93.6 Å². The van der Waals surface area contributed by atoms with Crippen molar-refractivity contribution in [3.63, 3.8) is 0 Å². The number of anilines is 3. The number of amides is 3. The van der Waals surface area contributed by atoms with Gasteiger partial charge in [-0.15, -0.1) is 0 Å². The van der Waals surface area contributed by atoms with Gasteiger partial charge in [-0.3, -0.25) is 14.4 Å². The number of hydrogen-bond donors (Lipinski definition) is 2. The van der Waals surface area contributed by atoms with Gasteiger partial charge in [-0.1, -0.05) is 35.3 Å². The second kappa shape index (κ2) is 10.7. The molecule has 4 rings (SSSR count). The first kappa shape index (κ1) is 25.7. The second-order valence-electron chi connectivity index (χ2n) is 7.68. The number of carbonyl (C=O) groups is 4. The molecule has 0 fully saturated rings. The molecule has 0 saturated heterocycles. The SMILES string of the molecule is COC(=O)c1cccc(N2C(=O)C(Cl)=C(Nc3cccc(C(=O)Nc4cc(Cl)ccc4OC)c3)C2=O)c1. The predicted octanol–water partition coefficient (Wildman–Crippen LogP) is 4.82. The Labute approximate surface area is 221 Å². The normalized spacial score (nSPS) is 13.0. The van der Waals surface area contributed by atoms with Gasteiger partial charge in [0.05, 0.1) is 31.2 Å². The van der Waals surface area contributed by atoms with Crippen LogP contribution in [0.4, 0.5) is 17.1 Å². The summed E-state index contributed by atoms with van der Waals surface area (Å²) in [5.74, 6) is -2.15. The summed E-state index contributed by atoms with van der Waals surface area (Å²) < 4.78 is 9.94. The highest BCUT2D eigenvalue weighted by Gasteiger charge is 2.39. The third-order valence-corrected chi connectivity index (χ3v) is 5.94. The maximum atomic E-state index is 13.1. The predicted molar refractivity (Wildman–Crippen MR) is 139 cm³/mol. The van der Waals surface area contributed by atoms with Gasteiger partial charge in [0, 0.05) is 16.3 Å². The van der Waals surface area contributed by atoms with E-state index in [0.29, 0.717) is 22.1 Å². The van der Waals surface area contributed by atoms with Crippen LogP contribution in [0.25, 0.3) is 0 Å². The van der Waals surface area contributed by atoms with Gasteiger partial charge in [0.15, 0.2) is 0 Å². The van der Waals surface area contributed by atoms with Crippen molar-refractivity contribution >= 4 is 64.0 Å². The summed E-state index contributed by atoms with van der Waals surface area (Å²) in [6, 6.07) is 16.9. The topological polar surface area (TPSA) is 114 Å². The van der Waals surface area contributed by atoms with Gasteiger partial charge in [0.1, 0.15) is 16.5 Å². The van der Waals surface area contributed by atoms with Crippen LogP contribution < -0.4 is 20.3 Å². The number of nitrogens with one attached hydrogen (secondary N) is 2. The Morgan fingerprint density at radius 2 is 1.59 bits per heavy atom. The smallest absolute Gasteiger partial charge is 0.337 e. The highest BCUT2D eigenvalue weighted by Crippen LogP contribution is 2.31. The Kier molecular flexibility index (Phi) is 7.47. The molecule has 0 aliphatic carbocycles. The van der Waals surface area contributed by atoms with Crippen molar-refractivity contribution in [2.24, 2.45) is 0 Å². The van der Waals surface area contributed by atoms with Crippen molar-refractivity contribution in [1.29, 1.82) is 0 Å². The van der Waals surface area contributed by atoms with E-state index in [1.165, 1.54) is 44.6 Å². The molecule has 0 aromatic heterocycles. The zero-order valence-electron chi connectivity index (χ0n) is 19.5. The molecule has 3 aromatic carbocycles. The molecule has 2 N–H and O–H groups in total. The van der Waals surface area contributed by atoms with E-state index in [-0.39, 0.29) is 27.5 Å². The summed E-state index contributed by atoms with van der Waals surface area (Å²) in [7, 11) is 2.69. The van der Waals surface area contributed by atoms with Gasteiger partial charge in [-0.25, -0.2) is 9.69 Å². The van der Waals surface area contributed by atoms with E-state index in [9.17, 15) is 19.2 Å². The fourth-order valence-corrected chi connectivity index (χ4v) is 3.98. The minimum Gasteiger partial charge on any atom is -0.495 e. The highest BCUT2D eigenvalue weighted by molar-refractivity contribution is 6.53. The van der Waals surface area contributed by atoms with Crippen LogP contribution in [0.3, 0.4) is 0 Å². The molecule has 0 spiro atoms. The van der Waals surface area contributed by atoms with Crippen LogP contribution in [-0.2, 0) is 14.3 Å². The second-order valence-corrected chi connectivity index (χ2v) is 8.50. The third kappa shape index (κ3) is 5.28. The fourth-order valence-electron chi connectivity index (χ4n) is 3.59. The van der Waals surface area contributed by atoms with Crippen molar-refractivity contribution in [1.82, 2.24) is 0 Å². The molecule has 3 aromatic rings. The lowest BCUT2D eigenvalue weighted by Gasteiger charge is -2.16. The molecule has 0 bridgehead atoms. The van der Waals surface area contributed by atoms with Crippen LogP contribution in [-0.4, -0.2) is 37.9 Å². The molecule has 1 heterocycles. The third-order valence-electron chi connectivity index (χ3n) is 5.36. The van der Waals surface area contributed by atoms with E-state index >= 15 is 0 Å². The number of rotatable bonds is 7. The van der Waals surface area contributed by atoms with Gasteiger partial charge in [0.25, 0.3) is 17.7 Å². The Bertz CT molecular complexity index is 1470. The van der Waals surface area contributed by atoms with E-state index in [4.69, 9.17) is 32.7 Å². The summed E-state index contributed by atoms with van der Waals surface area (Å²) in [5.41, 5.74) is 1.10. The fraction of sp³-hybridized carbons (Fsp3) is 0.0769. The summed E-state index contributed by atoms with van der Waals surface area (Å²) >= 11 is 12.2. The molecule has 0 saturated carbocycles. The number of carbonyl (C=O) groups excluding carboxylic acids is 4. The number of benzene rings is 3. The van der Waals surface area contributed by atoms with Gasteiger partial charge >= 0.3 is 5.97 Å². The zero-order chi connectivity index (χ0) is 26.7. The number of hydrogen-bond acceptors (Lipinski definition) is 7. The lowest BCUT2D eigenvalue weighted by Crippen LogP contribution is -2.32. The Morgan fingerprint density at radius 3 is 2.32 bits per heavy atom. The standard InChI is InChI=1S/C26H19Cl2N3O6/c1-36-20-10-9-16(27)13-19(20)30-23(32)14-5-3-7-17(11-14)29-22-21(28)24(33)31(25(22)34)18-8-4-6-15(12-18)26(35)37-2/h3-13,29H,1-2H3,(H,30,32). The van der Waals surface area contributed by atoms with Crippen LogP contribution in [0.2, 0.25) is 5.02 Å². The average molecular weight is 540 g/mol. The molecule has 11 heteroatoms. The molecule has 3 amide bonds. The molecular formula is C26H19Cl2N3O6. The van der Waals surface area contributed by atoms with Gasteiger partial charge in [0.2, 0.25) is 0 Å². The molecular weight excluding hydrogens is 521 g/mol. The number of ether oxygens (including phenoxy) is 2. The maximum absolute atomic E-state index is 13.1. The molecule has 0 unspecified atom stereocenters. The van der Waals surface area contributed by atoms with Crippen LogP contribution in [0, 0.1) is 0 Å².